The van der Waals surface area contributed by atoms with Gasteiger partial charge in [-0.2, -0.15) is 4.31 Å². The third kappa shape index (κ3) is 2.58. The fourth-order valence-electron chi connectivity index (χ4n) is 1.23. The molecule has 16 heavy (non-hydrogen) atoms. The Hall–Kier alpha value is -1.41. The molecule has 7 nitrogen and oxygen atoms in total. The number of H-pyrrole nitrogens is 1. The molecular formula is C8H15N5O2S. The van der Waals surface area contributed by atoms with Crippen LogP contribution in [0.15, 0.2) is 11.2 Å². The Labute approximate surface area is 94.2 Å². The number of nitrogens with zero attached hydrogens (tertiary/aromatic N) is 2. The maximum atomic E-state index is 12.0. The number of sulfonamides is 1. The molecule has 4 N–H and O–H groups in total. The second-order valence-electron chi connectivity index (χ2n) is 3.29. The summed E-state index contributed by atoms with van der Waals surface area (Å²) >= 11 is 0. The predicted molar refractivity (Wildman–Crippen MR) is 59.7 cm³/mol. The summed E-state index contributed by atoms with van der Waals surface area (Å²) in [4.78, 5) is 6.48. The summed E-state index contributed by atoms with van der Waals surface area (Å²) < 4.78 is 25.1. The maximum Gasteiger partial charge on any atom is 0.260 e. The number of likely N-dealkylation sites (N-methyl/N-ethyl adjacent to an activating group) is 1. The van der Waals surface area contributed by atoms with Crippen molar-refractivity contribution in [2.75, 3.05) is 13.1 Å². The van der Waals surface area contributed by atoms with Gasteiger partial charge in [0, 0.05) is 6.54 Å². The van der Waals surface area contributed by atoms with E-state index in [2.05, 4.69) is 9.97 Å². The van der Waals surface area contributed by atoms with Gasteiger partial charge in [0.1, 0.15) is 11.7 Å². The quantitative estimate of drug-likeness (QED) is 0.486. The van der Waals surface area contributed by atoms with Crippen LogP contribution in [0.4, 0.5) is 0 Å². The van der Waals surface area contributed by atoms with E-state index >= 15 is 0 Å². The first-order valence-corrected chi connectivity index (χ1v) is 6.16. The van der Waals surface area contributed by atoms with E-state index in [4.69, 9.17) is 11.1 Å². The monoisotopic (exact) mass is 245 g/mol. The van der Waals surface area contributed by atoms with Crippen LogP contribution in [0.25, 0.3) is 0 Å². The minimum absolute atomic E-state index is 0.0214. The second-order valence-corrected chi connectivity index (χ2v) is 5.20. The fourth-order valence-corrected chi connectivity index (χ4v) is 2.61. The van der Waals surface area contributed by atoms with Gasteiger partial charge in [-0.1, -0.05) is 6.92 Å². The normalized spacial score (nSPS) is 11.9. The molecule has 0 saturated heterocycles. The highest BCUT2D eigenvalue weighted by atomic mass is 32.2. The van der Waals surface area contributed by atoms with Gasteiger partial charge in [-0.15, -0.1) is 0 Å². The van der Waals surface area contributed by atoms with Crippen molar-refractivity contribution in [2.24, 2.45) is 5.73 Å². The third-order valence-electron chi connectivity index (χ3n) is 2.00. The molecular weight excluding hydrogens is 230 g/mol. The maximum absolute atomic E-state index is 12.0. The highest BCUT2D eigenvalue weighted by molar-refractivity contribution is 7.89. The minimum Gasteiger partial charge on any atom is -0.387 e. The Morgan fingerprint density at radius 3 is 2.69 bits per heavy atom. The first-order valence-electron chi connectivity index (χ1n) is 4.72. The fraction of sp³-hybridized carbons (Fsp3) is 0.500. The van der Waals surface area contributed by atoms with E-state index in [0.29, 0.717) is 5.82 Å². The predicted octanol–water partition coefficient (Wildman–Crippen LogP) is -0.335. The number of hydrogen-bond acceptors (Lipinski definition) is 4. The lowest BCUT2D eigenvalue weighted by molar-refractivity contribution is 0.463. The number of nitrogens with one attached hydrogen (secondary N) is 2. The standard InChI is InChI=1S/C8H15N5O2S/c1-3-13(5-7(9)10)16(14,15)8-4-11-6(2)12-8/h4H,3,5H2,1-2H3,(H3,9,10)(H,11,12). The topological polar surface area (TPSA) is 116 Å². The second kappa shape index (κ2) is 4.62. The Balaban J connectivity index is 3.04. The molecule has 0 bridgehead atoms. The third-order valence-corrected chi connectivity index (χ3v) is 3.83. The van der Waals surface area contributed by atoms with Gasteiger partial charge in [0.2, 0.25) is 0 Å². The molecule has 0 fully saturated rings. The van der Waals surface area contributed by atoms with Crippen LogP contribution < -0.4 is 5.73 Å². The zero-order chi connectivity index (χ0) is 12.3. The summed E-state index contributed by atoms with van der Waals surface area (Å²) in [7, 11) is -3.63. The molecule has 0 aliphatic rings. The van der Waals surface area contributed by atoms with E-state index in [1.54, 1.807) is 13.8 Å². The van der Waals surface area contributed by atoms with E-state index in [1.165, 1.54) is 6.20 Å². The van der Waals surface area contributed by atoms with Gasteiger partial charge in [0.25, 0.3) is 10.0 Å². The van der Waals surface area contributed by atoms with Gasteiger partial charge in [0.05, 0.1) is 12.7 Å². The number of imidazole rings is 1. The molecule has 0 spiro atoms. The van der Waals surface area contributed by atoms with E-state index < -0.39 is 10.0 Å². The van der Waals surface area contributed by atoms with Crippen LogP contribution in [0.3, 0.4) is 0 Å². The van der Waals surface area contributed by atoms with Crippen LogP contribution >= 0.6 is 0 Å². The molecule has 0 atom stereocenters. The molecule has 90 valence electrons. The minimum atomic E-state index is -3.63. The molecule has 0 aromatic carbocycles. The summed E-state index contributed by atoms with van der Waals surface area (Å²) in [6.07, 6.45) is 1.26. The van der Waals surface area contributed by atoms with E-state index in [-0.39, 0.29) is 24.0 Å². The molecule has 1 rings (SSSR count). The number of aromatic nitrogens is 2. The van der Waals surface area contributed by atoms with Gasteiger partial charge in [-0.3, -0.25) is 5.41 Å². The van der Waals surface area contributed by atoms with Gasteiger partial charge >= 0.3 is 0 Å². The lowest BCUT2D eigenvalue weighted by Gasteiger charge is -2.18. The van der Waals surface area contributed by atoms with Crippen molar-refractivity contribution in [3.63, 3.8) is 0 Å². The van der Waals surface area contributed by atoms with Crippen molar-refractivity contribution in [2.45, 2.75) is 18.9 Å². The number of hydrogen-bond donors (Lipinski definition) is 3. The summed E-state index contributed by atoms with van der Waals surface area (Å²) in [5, 5.41) is 7.14. The van der Waals surface area contributed by atoms with Crippen molar-refractivity contribution in [1.82, 2.24) is 14.3 Å². The van der Waals surface area contributed by atoms with Crippen LogP contribution in [-0.4, -0.2) is 41.6 Å². The molecule has 0 aliphatic heterocycles. The van der Waals surface area contributed by atoms with Crippen molar-refractivity contribution in [1.29, 1.82) is 5.41 Å². The van der Waals surface area contributed by atoms with Crippen LogP contribution in [0, 0.1) is 12.3 Å². The van der Waals surface area contributed by atoms with Crippen molar-refractivity contribution < 1.29 is 8.42 Å². The lowest BCUT2D eigenvalue weighted by atomic mass is 10.6. The molecule has 0 amide bonds. The van der Waals surface area contributed by atoms with Crippen LogP contribution in [-0.2, 0) is 10.0 Å². The first kappa shape index (κ1) is 12.7. The Morgan fingerprint density at radius 1 is 1.69 bits per heavy atom. The van der Waals surface area contributed by atoms with E-state index in [0.717, 1.165) is 4.31 Å². The number of aryl methyl sites for hydroxylation is 1. The van der Waals surface area contributed by atoms with Crippen molar-refractivity contribution in [3.8, 4) is 0 Å². The smallest absolute Gasteiger partial charge is 0.260 e. The van der Waals surface area contributed by atoms with Crippen molar-refractivity contribution >= 4 is 15.9 Å². The highest BCUT2D eigenvalue weighted by Crippen LogP contribution is 2.12. The molecule has 8 heteroatoms. The summed E-state index contributed by atoms with van der Waals surface area (Å²) in [6.45, 7) is 3.49. The SMILES string of the molecule is CCN(CC(=N)N)S(=O)(=O)c1cnc(C)[nH]1. The summed E-state index contributed by atoms with van der Waals surface area (Å²) in [5.41, 5.74) is 5.20. The average Bonchev–Trinajstić information content (AvgIpc) is 2.61. The zero-order valence-corrected chi connectivity index (χ0v) is 10.0. The summed E-state index contributed by atoms with van der Waals surface area (Å²) in [6, 6.07) is 0. The Morgan fingerprint density at radius 2 is 2.31 bits per heavy atom. The molecule has 0 radical (unpaired) electrons. The van der Waals surface area contributed by atoms with E-state index in [9.17, 15) is 8.42 Å². The van der Waals surface area contributed by atoms with Crippen LogP contribution in [0.1, 0.15) is 12.7 Å². The van der Waals surface area contributed by atoms with E-state index in [1.807, 2.05) is 0 Å². The van der Waals surface area contributed by atoms with Gasteiger partial charge in [0.15, 0.2) is 5.03 Å². The lowest BCUT2D eigenvalue weighted by Crippen LogP contribution is -2.38. The molecule has 0 aliphatic carbocycles. The van der Waals surface area contributed by atoms with Gasteiger partial charge in [-0.05, 0) is 6.92 Å². The van der Waals surface area contributed by atoms with Gasteiger partial charge < -0.3 is 10.7 Å². The number of rotatable bonds is 5. The van der Waals surface area contributed by atoms with Crippen LogP contribution in [0.2, 0.25) is 0 Å². The molecule has 0 unspecified atom stereocenters. The molecule has 0 saturated carbocycles. The number of aromatic amines is 1. The number of nitrogens with two attached hydrogens (primary N) is 1. The van der Waals surface area contributed by atoms with Crippen LogP contribution in [0.5, 0.6) is 0 Å². The number of amidine groups is 1. The summed E-state index contributed by atoms with van der Waals surface area (Å²) in [5.74, 6) is 0.333. The zero-order valence-electron chi connectivity index (χ0n) is 9.19. The molecule has 1 aromatic heterocycles. The largest absolute Gasteiger partial charge is 0.387 e. The Bertz CT molecular complexity index is 478. The molecule has 1 aromatic rings. The van der Waals surface area contributed by atoms with Crippen molar-refractivity contribution in [3.05, 3.63) is 12.0 Å². The molecule has 1 heterocycles. The van der Waals surface area contributed by atoms with Gasteiger partial charge in [-0.25, -0.2) is 13.4 Å². The average molecular weight is 245 g/mol. The first-order chi connectivity index (χ1) is 7.37. The Kier molecular flexibility index (Phi) is 3.66. The highest BCUT2D eigenvalue weighted by Gasteiger charge is 2.25.